The molecule has 0 unspecified atom stereocenters. The molecule has 0 spiro atoms. The van der Waals surface area contributed by atoms with Crippen LogP contribution in [0.4, 0.5) is 32.8 Å². The Hall–Kier alpha value is -3.06. The lowest BCUT2D eigenvalue weighted by molar-refractivity contribution is -0.137. The Bertz CT molecular complexity index is 1120. The Kier molecular flexibility index (Phi) is 6.85. The highest BCUT2D eigenvalue weighted by molar-refractivity contribution is 8.01. The van der Waals surface area contributed by atoms with Crippen LogP contribution in [0.3, 0.4) is 0 Å². The highest BCUT2D eigenvalue weighted by atomic mass is 32.2. The monoisotopic (exact) mass is 474 g/mol. The van der Waals surface area contributed by atoms with Gasteiger partial charge in [-0.2, -0.15) is 13.2 Å². The SMILES string of the molecule is O=C(CSc1nnc(NC(=O)c2ccccc2C(F)(F)F)s1)Nc1ccc(F)cc1F. The lowest BCUT2D eigenvalue weighted by Crippen LogP contribution is -2.18. The van der Waals surface area contributed by atoms with Crippen LogP contribution in [-0.2, 0) is 11.0 Å². The van der Waals surface area contributed by atoms with Gasteiger partial charge in [-0.15, -0.1) is 10.2 Å². The predicted octanol–water partition coefficient (Wildman–Crippen LogP) is 4.82. The third-order valence-corrected chi connectivity index (χ3v) is 5.61. The topological polar surface area (TPSA) is 84.0 Å². The van der Waals surface area contributed by atoms with Gasteiger partial charge in [0.25, 0.3) is 5.91 Å². The molecule has 6 nitrogen and oxygen atoms in total. The zero-order valence-electron chi connectivity index (χ0n) is 15.2. The standard InChI is InChI=1S/C18H11F5N4O2S2/c19-9-5-6-13(12(20)7-9)24-14(28)8-30-17-27-26-16(31-17)25-15(29)10-3-1-2-4-11(10)18(21,22)23/h1-7H,8H2,(H,24,28)(H,25,26,29). The second-order valence-corrected chi connectivity index (χ2v) is 8.03. The highest BCUT2D eigenvalue weighted by Gasteiger charge is 2.35. The summed E-state index contributed by atoms with van der Waals surface area (Å²) in [5.41, 5.74) is -1.85. The van der Waals surface area contributed by atoms with Crippen molar-refractivity contribution in [3.05, 3.63) is 65.2 Å². The Morgan fingerprint density at radius 3 is 2.48 bits per heavy atom. The minimum atomic E-state index is -4.70. The molecule has 13 heteroatoms. The molecule has 1 aromatic heterocycles. The summed E-state index contributed by atoms with van der Waals surface area (Å²) < 4.78 is 65.8. The predicted molar refractivity (Wildman–Crippen MR) is 105 cm³/mol. The van der Waals surface area contributed by atoms with E-state index in [1.54, 1.807) is 0 Å². The van der Waals surface area contributed by atoms with Gasteiger partial charge >= 0.3 is 6.18 Å². The molecule has 3 rings (SSSR count). The fourth-order valence-corrected chi connectivity index (χ4v) is 3.86. The largest absolute Gasteiger partial charge is 0.417 e. The van der Waals surface area contributed by atoms with E-state index in [0.717, 1.165) is 47.4 Å². The molecule has 2 N–H and O–H groups in total. The van der Waals surface area contributed by atoms with E-state index in [0.29, 0.717) is 6.07 Å². The lowest BCUT2D eigenvalue weighted by atomic mass is 10.1. The van der Waals surface area contributed by atoms with Gasteiger partial charge < -0.3 is 5.32 Å². The third-order valence-electron chi connectivity index (χ3n) is 3.64. The number of alkyl halides is 3. The number of carbonyl (C=O) groups excluding carboxylic acids is 2. The number of benzene rings is 2. The van der Waals surface area contributed by atoms with Gasteiger partial charge in [-0.25, -0.2) is 8.78 Å². The molecule has 3 aromatic rings. The number of hydrogen-bond acceptors (Lipinski definition) is 6. The Morgan fingerprint density at radius 1 is 1.03 bits per heavy atom. The molecule has 0 saturated carbocycles. The molecule has 0 saturated heterocycles. The first-order valence-electron chi connectivity index (χ1n) is 8.32. The van der Waals surface area contributed by atoms with Crippen molar-refractivity contribution >= 4 is 45.7 Å². The number of nitrogens with zero attached hydrogens (tertiary/aromatic N) is 2. The van der Waals surface area contributed by atoms with Crippen LogP contribution in [0.5, 0.6) is 0 Å². The summed E-state index contributed by atoms with van der Waals surface area (Å²) in [6, 6.07) is 6.98. The van der Waals surface area contributed by atoms with Crippen LogP contribution in [0.2, 0.25) is 0 Å². The summed E-state index contributed by atoms with van der Waals surface area (Å²) >= 11 is 1.76. The van der Waals surface area contributed by atoms with Crippen molar-refractivity contribution in [1.29, 1.82) is 0 Å². The van der Waals surface area contributed by atoms with E-state index in [2.05, 4.69) is 20.8 Å². The van der Waals surface area contributed by atoms with Gasteiger partial charge in [-0.05, 0) is 24.3 Å². The van der Waals surface area contributed by atoms with Gasteiger partial charge in [0.15, 0.2) is 4.34 Å². The number of anilines is 2. The smallest absolute Gasteiger partial charge is 0.323 e. The van der Waals surface area contributed by atoms with Crippen LogP contribution < -0.4 is 10.6 Å². The minimum Gasteiger partial charge on any atom is -0.323 e. The maximum Gasteiger partial charge on any atom is 0.417 e. The quantitative estimate of drug-likeness (QED) is 0.304. The molecular formula is C18H11F5N4O2S2. The van der Waals surface area contributed by atoms with Crippen LogP contribution in [0.1, 0.15) is 15.9 Å². The van der Waals surface area contributed by atoms with Crippen molar-refractivity contribution < 1.29 is 31.5 Å². The van der Waals surface area contributed by atoms with E-state index >= 15 is 0 Å². The van der Waals surface area contributed by atoms with E-state index in [4.69, 9.17) is 0 Å². The maximum absolute atomic E-state index is 13.5. The second kappa shape index (κ2) is 9.39. The molecule has 0 bridgehead atoms. The number of halogens is 5. The summed E-state index contributed by atoms with van der Waals surface area (Å²) in [5, 5.41) is 11.8. The van der Waals surface area contributed by atoms with E-state index in [1.807, 2.05) is 0 Å². The van der Waals surface area contributed by atoms with Gasteiger partial charge in [0.05, 0.1) is 22.6 Å². The number of hydrogen-bond donors (Lipinski definition) is 2. The normalized spacial score (nSPS) is 11.3. The average molecular weight is 474 g/mol. The van der Waals surface area contributed by atoms with Crippen molar-refractivity contribution in [3.63, 3.8) is 0 Å². The maximum atomic E-state index is 13.5. The van der Waals surface area contributed by atoms with Gasteiger partial charge in [0, 0.05) is 6.07 Å². The molecule has 162 valence electrons. The fraction of sp³-hybridized carbons (Fsp3) is 0.111. The van der Waals surface area contributed by atoms with Gasteiger partial charge in [-0.3, -0.25) is 14.9 Å². The molecule has 2 aromatic carbocycles. The van der Waals surface area contributed by atoms with Crippen LogP contribution >= 0.6 is 23.1 Å². The van der Waals surface area contributed by atoms with Crippen molar-refractivity contribution in [2.45, 2.75) is 10.5 Å². The van der Waals surface area contributed by atoms with Crippen LogP contribution in [0, 0.1) is 11.6 Å². The van der Waals surface area contributed by atoms with Gasteiger partial charge in [0.2, 0.25) is 11.0 Å². The van der Waals surface area contributed by atoms with Crippen molar-refractivity contribution in [2.24, 2.45) is 0 Å². The molecule has 0 aliphatic rings. The molecule has 0 fully saturated rings. The van der Waals surface area contributed by atoms with E-state index in [1.165, 1.54) is 12.1 Å². The van der Waals surface area contributed by atoms with Crippen molar-refractivity contribution in [3.8, 4) is 0 Å². The van der Waals surface area contributed by atoms with Gasteiger partial charge in [0.1, 0.15) is 11.6 Å². The first-order valence-corrected chi connectivity index (χ1v) is 10.1. The van der Waals surface area contributed by atoms with Crippen molar-refractivity contribution in [1.82, 2.24) is 10.2 Å². The Morgan fingerprint density at radius 2 is 1.77 bits per heavy atom. The number of thioether (sulfide) groups is 1. The number of rotatable bonds is 6. The zero-order chi connectivity index (χ0) is 22.6. The lowest BCUT2D eigenvalue weighted by Gasteiger charge is -2.11. The summed E-state index contributed by atoms with van der Waals surface area (Å²) in [6.45, 7) is 0. The summed E-state index contributed by atoms with van der Waals surface area (Å²) in [5.74, 6) is -3.53. The van der Waals surface area contributed by atoms with E-state index in [9.17, 15) is 31.5 Å². The molecule has 0 radical (unpaired) electrons. The molecule has 0 aliphatic heterocycles. The highest BCUT2D eigenvalue weighted by Crippen LogP contribution is 2.32. The molecule has 0 atom stereocenters. The van der Waals surface area contributed by atoms with Crippen LogP contribution in [-0.4, -0.2) is 27.8 Å². The van der Waals surface area contributed by atoms with Crippen LogP contribution in [0.25, 0.3) is 0 Å². The summed E-state index contributed by atoms with van der Waals surface area (Å²) in [4.78, 5) is 24.1. The first-order chi connectivity index (χ1) is 14.6. The second-order valence-electron chi connectivity index (χ2n) is 5.83. The minimum absolute atomic E-state index is 0.0607. The van der Waals surface area contributed by atoms with Crippen LogP contribution in [0.15, 0.2) is 46.8 Å². The van der Waals surface area contributed by atoms with E-state index in [-0.39, 0.29) is 20.9 Å². The number of nitrogens with one attached hydrogen (secondary N) is 2. The molecule has 31 heavy (non-hydrogen) atoms. The molecule has 1 heterocycles. The molecule has 2 amide bonds. The van der Waals surface area contributed by atoms with Crippen molar-refractivity contribution in [2.75, 3.05) is 16.4 Å². The Balaban J connectivity index is 1.58. The number of aromatic nitrogens is 2. The number of carbonyl (C=O) groups is 2. The number of amides is 2. The fourth-order valence-electron chi connectivity index (χ4n) is 2.32. The zero-order valence-corrected chi connectivity index (χ0v) is 16.8. The first kappa shape index (κ1) is 22.6. The average Bonchev–Trinajstić information content (AvgIpc) is 3.15. The van der Waals surface area contributed by atoms with Gasteiger partial charge in [-0.1, -0.05) is 35.2 Å². The summed E-state index contributed by atoms with van der Waals surface area (Å²) in [6.07, 6.45) is -4.70. The summed E-state index contributed by atoms with van der Waals surface area (Å²) in [7, 11) is 0. The Labute approximate surface area is 179 Å². The molecular weight excluding hydrogens is 463 g/mol. The third kappa shape index (κ3) is 5.98. The van der Waals surface area contributed by atoms with E-state index < -0.39 is 40.8 Å². The molecule has 0 aliphatic carbocycles.